The molecule has 0 unspecified atom stereocenters. The Hall–Kier alpha value is -2.19. The van der Waals surface area contributed by atoms with Gasteiger partial charge in [-0.15, -0.1) is 0 Å². The highest BCUT2D eigenvalue weighted by molar-refractivity contribution is 6.30. The summed E-state index contributed by atoms with van der Waals surface area (Å²) in [4.78, 5) is 0. The van der Waals surface area contributed by atoms with E-state index in [9.17, 15) is 0 Å². The van der Waals surface area contributed by atoms with E-state index in [1.54, 1.807) is 29.9 Å². The highest BCUT2D eigenvalue weighted by atomic mass is 35.5. The van der Waals surface area contributed by atoms with Crippen molar-refractivity contribution in [2.45, 2.75) is 6.92 Å². The molecule has 2 rings (SSSR count). The molecule has 5 nitrogen and oxygen atoms in total. The first kappa shape index (κ1) is 12.3. The van der Waals surface area contributed by atoms with Gasteiger partial charge in [-0.1, -0.05) is 11.6 Å². The van der Waals surface area contributed by atoms with Gasteiger partial charge in [0.15, 0.2) is 5.82 Å². The Morgan fingerprint density at radius 2 is 2.22 bits per heavy atom. The minimum absolute atomic E-state index is 0.498. The van der Waals surface area contributed by atoms with Gasteiger partial charge in [0.25, 0.3) is 0 Å². The molecule has 3 N–H and O–H groups in total. The SMILES string of the molecule is Cc1nn(C)c(Nc2cc(Cl)ccc2C#N)c1N. The van der Waals surface area contributed by atoms with E-state index in [-0.39, 0.29) is 0 Å². The molecular weight excluding hydrogens is 250 g/mol. The molecule has 0 aliphatic heterocycles. The maximum atomic E-state index is 9.04. The molecule has 0 amide bonds. The van der Waals surface area contributed by atoms with Crippen molar-refractivity contribution in [1.29, 1.82) is 5.26 Å². The third kappa shape index (κ3) is 2.11. The van der Waals surface area contributed by atoms with Crippen LogP contribution in [0.1, 0.15) is 11.3 Å². The van der Waals surface area contributed by atoms with Crippen LogP contribution in [0.3, 0.4) is 0 Å². The van der Waals surface area contributed by atoms with Gasteiger partial charge in [0.05, 0.1) is 22.6 Å². The second-order valence-corrected chi connectivity index (χ2v) is 4.33. The third-order valence-corrected chi connectivity index (χ3v) is 2.86. The standard InChI is InChI=1S/C12H12ClN5/c1-7-11(15)12(18(2)17-7)16-10-5-9(13)4-3-8(10)6-14/h3-5,16H,15H2,1-2H3. The van der Waals surface area contributed by atoms with E-state index in [2.05, 4.69) is 16.5 Å². The number of aryl methyl sites for hydroxylation is 2. The number of aromatic nitrogens is 2. The first-order valence-electron chi connectivity index (χ1n) is 5.28. The van der Waals surface area contributed by atoms with Gasteiger partial charge >= 0.3 is 0 Å². The molecule has 0 atom stereocenters. The van der Waals surface area contributed by atoms with Crippen LogP contribution >= 0.6 is 11.6 Å². The van der Waals surface area contributed by atoms with E-state index in [4.69, 9.17) is 22.6 Å². The molecule has 0 aliphatic rings. The molecule has 2 aromatic rings. The quantitative estimate of drug-likeness (QED) is 0.871. The van der Waals surface area contributed by atoms with E-state index in [0.29, 0.717) is 27.8 Å². The predicted octanol–water partition coefficient (Wildman–Crippen LogP) is 2.58. The van der Waals surface area contributed by atoms with Gasteiger partial charge in [0.1, 0.15) is 6.07 Å². The number of rotatable bonds is 2. The Bertz CT molecular complexity index is 639. The average Bonchev–Trinajstić information content (AvgIpc) is 2.56. The molecule has 0 fully saturated rings. The van der Waals surface area contributed by atoms with Gasteiger partial charge in [0, 0.05) is 12.1 Å². The number of nitriles is 1. The monoisotopic (exact) mass is 261 g/mol. The lowest BCUT2D eigenvalue weighted by Gasteiger charge is -2.09. The highest BCUT2D eigenvalue weighted by Gasteiger charge is 2.12. The fraction of sp³-hybridized carbons (Fsp3) is 0.167. The molecule has 0 aliphatic carbocycles. The summed E-state index contributed by atoms with van der Waals surface area (Å²) < 4.78 is 1.63. The van der Waals surface area contributed by atoms with E-state index in [1.165, 1.54) is 0 Å². The first-order valence-corrected chi connectivity index (χ1v) is 5.66. The largest absolute Gasteiger partial charge is 0.394 e. The number of anilines is 3. The van der Waals surface area contributed by atoms with Crippen LogP contribution in [0, 0.1) is 18.3 Å². The Kier molecular flexibility index (Phi) is 3.13. The summed E-state index contributed by atoms with van der Waals surface area (Å²) in [5.41, 5.74) is 8.32. The molecule has 0 saturated carbocycles. The zero-order valence-electron chi connectivity index (χ0n) is 10.0. The number of nitrogens with one attached hydrogen (secondary N) is 1. The lowest BCUT2D eigenvalue weighted by Crippen LogP contribution is -2.02. The maximum Gasteiger partial charge on any atom is 0.152 e. The van der Waals surface area contributed by atoms with Gasteiger partial charge in [-0.2, -0.15) is 10.4 Å². The minimum atomic E-state index is 0.498. The third-order valence-electron chi connectivity index (χ3n) is 2.62. The maximum absolute atomic E-state index is 9.04. The van der Waals surface area contributed by atoms with E-state index in [1.807, 2.05) is 6.92 Å². The number of nitrogens with two attached hydrogens (primary N) is 1. The second kappa shape index (κ2) is 4.59. The highest BCUT2D eigenvalue weighted by Crippen LogP contribution is 2.28. The van der Waals surface area contributed by atoms with Crippen LogP contribution in [0.2, 0.25) is 5.02 Å². The summed E-state index contributed by atoms with van der Waals surface area (Å²) in [5, 5.41) is 16.9. The van der Waals surface area contributed by atoms with Gasteiger partial charge in [-0.25, -0.2) is 0 Å². The molecule has 92 valence electrons. The lowest BCUT2D eigenvalue weighted by atomic mass is 10.2. The van der Waals surface area contributed by atoms with Gasteiger partial charge < -0.3 is 11.1 Å². The normalized spacial score (nSPS) is 10.1. The van der Waals surface area contributed by atoms with Crippen molar-refractivity contribution in [3.05, 3.63) is 34.5 Å². The van der Waals surface area contributed by atoms with E-state index < -0.39 is 0 Å². The van der Waals surface area contributed by atoms with Gasteiger partial charge in [-0.05, 0) is 25.1 Å². The zero-order valence-corrected chi connectivity index (χ0v) is 10.8. The number of nitrogen functional groups attached to an aromatic ring is 1. The summed E-state index contributed by atoms with van der Waals surface area (Å²) in [6.45, 7) is 1.82. The number of benzene rings is 1. The fourth-order valence-corrected chi connectivity index (χ4v) is 1.84. The molecule has 0 spiro atoms. The average molecular weight is 262 g/mol. The van der Waals surface area contributed by atoms with Crippen LogP contribution in [0.25, 0.3) is 0 Å². The number of hydrogen-bond donors (Lipinski definition) is 2. The minimum Gasteiger partial charge on any atom is -0.394 e. The molecule has 1 aromatic heterocycles. The second-order valence-electron chi connectivity index (χ2n) is 3.90. The molecular formula is C12H12ClN5. The fourth-order valence-electron chi connectivity index (χ4n) is 1.67. The summed E-state index contributed by atoms with van der Waals surface area (Å²) >= 11 is 5.92. The molecule has 0 saturated heterocycles. The molecule has 0 bridgehead atoms. The predicted molar refractivity (Wildman–Crippen MR) is 71.8 cm³/mol. The van der Waals surface area contributed by atoms with Crippen molar-refractivity contribution in [3.8, 4) is 6.07 Å². The first-order chi connectivity index (χ1) is 8.52. The van der Waals surface area contributed by atoms with E-state index >= 15 is 0 Å². The van der Waals surface area contributed by atoms with Gasteiger partial charge in [0.2, 0.25) is 0 Å². The Morgan fingerprint density at radius 1 is 1.50 bits per heavy atom. The van der Waals surface area contributed by atoms with Crippen molar-refractivity contribution in [3.63, 3.8) is 0 Å². The number of nitrogens with zero attached hydrogens (tertiary/aromatic N) is 3. The summed E-state index contributed by atoms with van der Waals surface area (Å²) in [5.74, 6) is 0.645. The van der Waals surface area contributed by atoms with Crippen LogP contribution in [0.15, 0.2) is 18.2 Å². The molecule has 0 radical (unpaired) electrons. The van der Waals surface area contributed by atoms with E-state index in [0.717, 1.165) is 5.69 Å². The van der Waals surface area contributed by atoms with Crippen LogP contribution in [-0.2, 0) is 7.05 Å². The van der Waals surface area contributed by atoms with Crippen LogP contribution in [-0.4, -0.2) is 9.78 Å². The van der Waals surface area contributed by atoms with Crippen LogP contribution < -0.4 is 11.1 Å². The molecule has 6 heteroatoms. The van der Waals surface area contributed by atoms with Crippen molar-refractivity contribution in [2.75, 3.05) is 11.1 Å². The summed E-state index contributed by atoms with van der Waals surface area (Å²) in [6.07, 6.45) is 0. The van der Waals surface area contributed by atoms with Crippen molar-refractivity contribution >= 4 is 28.8 Å². The number of hydrogen-bond acceptors (Lipinski definition) is 4. The van der Waals surface area contributed by atoms with Gasteiger partial charge in [-0.3, -0.25) is 4.68 Å². The number of halogens is 1. The summed E-state index contributed by atoms with van der Waals surface area (Å²) in [6, 6.07) is 7.11. The summed E-state index contributed by atoms with van der Waals surface area (Å²) in [7, 11) is 1.78. The smallest absolute Gasteiger partial charge is 0.152 e. The van der Waals surface area contributed by atoms with Crippen molar-refractivity contribution in [1.82, 2.24) is 9.78 Å². The van der Waals surface area contributed by atoms with Crippen LogP contribution in [0.5, 0.6) is 0 Å². The topological polar surface area (TPSA) is 79.7 Å². The molecule has 1 aromatic carbocycles. The molecule has 1 heterocycles. The lowest BCUT2D eigenvalue weighted by molar-refractivity contribution is 0.765. The Balaban J connectivity index is 2.46. The molecule has 18 heavy (non-hydrogen) atoms. The van der Waals surface area contributed by atoms with Crippen LogP contribution in [0.4, 0.5) is 17.2 Å². The Labute approximate surface area is 110 Å². The van der Waals surface area contributed by atoms with Crippen molar-refractivity contribution < 1.29 is 0 Å². The Morgan fingerprint density at radius 3 is 2.78 bits per heavy atom. The van der Waals surface area contributed by atoms with Crippen molar-refractivity contribution in [2.24, 2.45) is 7.05 Å². The zero-order chi connectivity index (χ0) is 13.3.